The molecule has 0 saturated carbocycles. The number of hydrogen-bond acceptors (Lipinski definition) is 5. The number of likely N-dealkylation sites (tertiary alicyclic amines) is 1. The normalized spacial score (nSPS) is 19.3. The summed E-state index contributed by atoms with van der Waals surface area (Å²) in [5, 5.41) is 0.496. The predicted octanol–water partition coefficient (Wildman–Crippen LogP) is 2.45. The van der Waals surface area contributed by atoms with Gasteiger partial charge in [0.25, 0.3) is 0 Å². The summed E-state index contributed by atoms with van der Waals surface area (Å²) >= 11 is 1.27. The maximum absolute atomic E-state index is 12.7. The SMILES string of the molecule is CCOC(=O)/C=C1\SCC(=O)N1CC(=O)N1CCC(Cc2ccccc2)CC1. The highest BCUT2D eigenvalue weighted by molar-refractivity contribution is 8.04. The second-order valence-corrected chi connectivity index (χ2v) is 8.01. The van der Waals surface area contributed by atoms with Crippen LogP contribution < -0.4 is 0 Å². The molecule has 0 aromatic heterocycles. The Kier molecular flexibility index (Phi) is 7.14. The van der Waals surface area contributed by atoms with Crippen LogP contribution in [0.1, 0.15) is 25.3 Å². The smallest absolute Gasteiger partial charge is 0.333 e. The Bertz CT molecular complexity index is 742. The van der Waals surface area contributed by atoms with E-state index in [1.54, 1.807) is 6.92 Å². The second-order valence-electron chi connectivity index (χ2n) is 7.02. The van der Waals surface area contributed by atoms with Crippen LogP contribution in [0.3, 0.4) is 0 Å². The molecule has 0 aliphatic carbocycles. The molecule has 2 saturated heterocycles. The number of nitrogens with zero attached hydrogens (tertiary/aromatic N) is 2. The molecule has 0 N–H and O–H groups in total. The van der Waals surface area contributed by atoms with E-state index in [-0.39, 0.29) is 30.7 Å². The molecule has 2 aliphatic rings. The van der Waals surface area contributed by atoms with E-state index in [2.05, 4.69) is 24.3 Å². The van der Waals surface area contributed by atoms with Crippen molar-refractivity contribution in [2.75, 3.05) is 32.0 Å². The van der Waals surface area contributed by atoms with E-state index >= 15 is 0 Å². The van der Waals surface area contributed by atoms with Gasteiger partial charge in [-0.25, -0.2) is 4.79 Å². The fourth-order valence-electron chi connectivity index (χ4n) is 3.55. The van der Waals surface area contributed by atoms with E-state index in [4.69, 9.17) is 4.74 Å². The standard InChI is InChI=1S/C21H26N2O4S/c1-2-27-21(26)13-20-23(19(25)15-28-20)14-18(24)22-10-8-17(9-11-22)12-16-6-4-3-5-7-16/h3-7,13,17H,2,8-12,14-15H2,1H3/b20-13-. The van der Waals surface area contributed by atoms with Gasteiger partial charge in [0.05, 0.1) is 23.5 Å². The number of hydrogen-bond donors (Lipinski definition) is 0. The Morgan fingerprint density at radius 2 is 1.93 bits per heavy atom. The Hall–Kier alpha value is -2.28. The Morgan fingerprint density at radius 1 is 1.21 bits per heavy atom. The van der Waals surface area contributed by atoms with Crippen molar-refractivity contribution in [3.8, 4) is 0 Å². The first-order valence-corrected chi connectivity index (χ1v) is 10.7. The van der Waals surface area contributed by atoms with E-state index in [1.165, 1.54) is 28.3 Å². The summed E-state index contributed by atoms with van der Waals surface area (Å²) in [6, 6.07) is 10.4. The summed E-state index contributed by atoms with van der Waals surface area (Å²) < 4.78 is 4.91. The number of ether oxygens (including phenoxy) is 1. The van der Waals surface area contributed by atoms with Crippen LogP contribution in [-0.2, 0) is 25.5 Å². The maximum atomic E-state index is 12.7. The Labute approximate surface area is 169 Å². The molecule has 1 aromatic carbocycles. The molecule has 2 amide bonds. The third-order valence-corrected chi connectivity index (χ3v) is 6.09. The fourth-order valence-corrected chi connectivity index (χ4v) is 4.48. The number of rotatable bonds is 6. The molecule has 0 spiro atoms. The topological polar surface area (TPSA) is 66.9 Å². The minimum Gasteiger partial charge on any atom is -0.463 e. The van der Waals surface area contributed by atoms with E-state index in [0.29, 0.717) is 24.0 Å². The summed E-state index contributed by atoms with van der Waals surface area (Å²) in [7, 11) is 0. The van der Waals surface area contributed by atoms with Gasteiger partial charge in [-0.1, -0.05) is 42.1 Å². The summed E-state index contributed by atoms with van der Waals surface area (Å²) in [4.78, 5) is 39.8. The van der Waals surface area contributed by atoms with Crippen molar-refractivity contribution in [1.29, 1.82) is 0 Å². The number of carbonyl (C=O) groups is 3. The van der Waals surface area contributed by atoms with Crippen LogP contribution in [-0.4, -0.2) is 59.6 Å². The zero-order valence-electron chi connectivity index (χ0n) is 16.1. The number of thioether (sulfide) groups is 1. The van der Waals surface area contributed by atoms with E-state index in [0.717, 1.165) is 19.3 Å². The molecule has 1 aromatic rings. The van der Waals surface area contributed by atoms with Crippen LogP contribution in [0.2, 0.25) is 0 Å². The highest BCUT2D eigenvalue weighted by atomic mass is 32.2. The van der Waals surface area contributed by atoms with E-state index < -0.39 is 5.97 Å². The molecular formula is C21H26N2O4S. The van der Waals surface area contributed by atoms with Crippen LogP contribution in [0.15, 0.2) is 41.4 Å². The maximum Gasteiger partial charge on any atom is 0.333 e. The van der Waals surface area contributed by atoms with Gasteiger partial charge >= 0.3 is 5.97 Å². The van der Waals surface area contributed by atoms with Crippen molar-refractivity contribution in [3.05, 3.63) is 47.0 Å². The first-order chi connectivity index (χ1) is 13.6. The molecule has 7 heteroatoms. The number of carbonyl (C=O) groups excluding carboxylic acids is 3. The molecule has 3 rings (SSSR count). The summed E-state index contributed by atoms with van der Waals surface area (Å²) in [6.45, 7) is 3.41. The van der Waals surface area contributed by atoms with Gasteiger partial charge in [0, 0.05) is 13.1 Å². The van der Waals surface area contributed by atoms with E-state index in [1.807, 2.05) is 11.0 Å². The van der Waals surface area contributed by atoms with Crippen molar-refractivity contribution >= 4 is 29.5 Å². The molecule has 0 bridgehead atoms. The lowest BCUT2D eigenvalue weighted by Gasteiger charge is -2.33. The lowest BCUT2D eigenvalue weighted by Crippen LogP contribution is -2.44. The van der Waals surface area contributed by atoms with Gasteiger partial charge in [-0.3, -0.25) is 14.5 Å². The number of esters is 1. The van der Waals surface area contributed by atoms with E-state index in [9.17, 15) is 14.4 Å². The largest absolute Gasteiger partial charge is 0.463 e. The molecule has 150 valence electrons. The predicted molar refractivity (Wildman–Crippen MR) is 108 cm³/mol. The van der Waals surface area contributed by atoms with Gasteiger partial charge in [-0.2, -0.15) is 0 Å². The molecule has 0 radical (unpaired) electrons. The molecule has 2 fully saturated rings. The van der Waals surface area contributed by atoms with Gasteiger partial charge in [0.2, 0.25) is 11.8 Å². The van der Waals surface area contributed by atoms with Gasteiger partial charge in [0.15, 0.2) is 0 Å². The zero-order valence-corrected chi connectivity index (χ0v) is 17.0. The quantitative estimate of drug-likeness (QED) is 0.540. The zero-order chi connectivity index (χ0) is 19.9. The van der Waals surface area contributed by atoms with Crippen LogP contribution in [0.25, 0.3) is 0 Å². The van der Waals surface area contributed by atoms with Gasteiger partial charge in [-0.05, 0) is 37.7 Å². The monoisotopic (exact) mass is 402 g/mol. The van der Waals surface area contributed by atoms with Crippen LogP contribution in [0, 0.1) is 5.92 Å². The summed E-state index contributed by atoms with van der Waals surface area (Å²) in [6.07, 6.45) is 4.28. The lowest BCUT2D eigenvalue weighted by atomic mass is 9.90. The first-order valence-electron chi connectivity index (χ1n) is 9.70. The second kappa shape index (κ2) is 9.78. The van der Waals surface area contributed by atoms with Gasteiger partial charge < -0.3 is 9.64 Å². The molecule has 2 heterocycles. The van der Waals surface area contributed by atoms with Crippen LogP contribution in [0.4, 0.5) is 0 Å². The average molecular weight is 403 g/mol. The minimum atomic E-state index is -0.487. The van der Waals surface area contributed by atoms with Crippen LogP contribution in [0.5, 0.6) is 0 Å². The summed E-state index contributed by atoms with van der Waals surface area (Å²) in [5.41, 5.74) is 1.33. The lowest BCUT2D eigenvalue weighted by molar-refractivity contribution is -0.139. The first kappa shape index (κ1) is 20.5. The van der Waals surface area contributed by atoms with Crippen molar-refractivity contribution in [3.63, 3.8) is 0 Å². The number of benzene rings is 1. The molecule has 2 aliphatic heterocycles. The summed E-state index contributed by atoms with van der Waals surface area (Å²) in [5.74, 6) is 0.128. The van der Waals surface area contributed by atoms with Crippen LogP contribution >= 0.6 is 11.8 Å². The third kappa shape index (κ3) is 5.38. The van der Waals surface area contributed by atoms with Crippen molar-refractivity contribution in [1.82, 2.24) is 9.80 Å². The van der Waals surface area contributed by atoms with Gasteiger partial charge in [0.1, 0.15) is 6.54 Å². The molecule has 0 atom stereocenters. The van der Waals surface area contributed by atoms with Crippen molar-refractivity contribution in [2.24, 2.45) is 5.92 Å². The minimum absolute atomic E-state index is 0.0135. The molecule has 0 unspecified atom stereocenters. The third-order valence-electron chi connectivity index (χ3n) is 5.07. The average Bonchev–Trinajstić information content (AvgIpc) is 3.03. The van der Waals surface area contributed by atoms with Crippen molar-refractivity contribution < 1.29 is 19.1 Å². The fraction of sp³-hybridized carbons (Fsp3) is 0.476. The number of amides is 2. The molecule has 6 nitrogen and oxygen atoms in total. The Morgan fingerprint density at radius 3 is 2.61 bits per heavy atom. The number of piperidine rings is 1. The molecule has 28 heavy (non-hydrogen) atoms. The Balaban J connectivity index is 1.52. The highest BCUT2D eigenvalue weighted by Gasteiger charge is 2.31. The van der Waals surface area contributed by atoms with Gasteiger partial charge in [-0.15, -0.1) is 0 Å². The van der Waals surface area contributed by atoms with Crippen molar-refractivity contribution in [2.45, 2.75) is 26.2 Å². The molecular weight excluding hydrogens is 376 g/mol. The highest BCUT2D eigenvalue weighted by Crippen LogP contribution is 2.29.